The largest absolute Gasteiger partial charge is 0.493 e. The highest BCUT2D eigenvalue weighted by Gasteiger charge is 2.13. The number of amides is 1. The number of nitrogens with one attached hydrogen (secondary N) is 3. The summed E-state index contributed by atoms with van der Waals surface area (Å²) in [5.41, 5.74) is 0.909. The molecule has 0 radical (unpaired) electrons. The summed E-state index contributed by atoms with van der Waals surface area (Å²) in [5, 5.41) is 8.80. The predicted octanol–water partition coefficient (Wildman–Crippen LogP) is 0.758. The van der Waals surface area contributed by atoms with Gasteiger partial charge in [-0.25, -0.2) is 0 Å². The van der Waals surface area contributed by atoms with Crippen LogP contribution < -0.4 is 30.2 Å². The van der Waals surface area contributed by atoms with Crippen LogP contribution in [-0.4, -0.2) is 67.0 Å². The molecular formula is C17H29IN4O5. The first kappa shape index (κ1) is 25.1. The van der Waals surface area contributed by atoms with Crippen LogP contribution in [0.3, 0.4) is 0 Å². The number of methoxy groups -OCH3 is 4. The van der Waals surface area contributed by atoms with Crippen molar-refractivity contribution in [3.8, 4) is 17.2 Å². The topological polar surface area (TPSA) is 102 Å². The van der Waals surface area contributed by atoms with Crippen molar-refractivity contribution in [1.82, 2.24) is 16.0 Å². The molecular weight excluding hydrogens is 467 g/mol. The molecule has 0 saturated carbocycles. The van der Waals surface area contributed by atoms with Crippen molar-refractivity contribution < 1.29 is 23.7 Å². The van der Waals surface area contributed by atoms with E-state index >= 15 is 0 Å². The zero-order valence-corrected chi connectivity index (χ0v) is 18.7. The number of carbonyl (C=O) groups excluding carboxylic acids is 1. The Kier molecular flexibility index (Phi) is 13.1. The van der Waals surface area contributed by atoms with E-state index in [1.807, 2.05) is 12.1 Å². The molecule has 10 heteroatoms. The van der Waals surface area contributed by atoms with Crippen molar-refractivity contribution in [2.75, 3.05) is 55.2 Å². The number of guanidine groups is 1. The molecule has 0 bridgehead atoms. The molecule has 3 N–H and O–H groups in total. The maximum absolute atomic E-state index is 11.7. The Morgan fingerprint density at radius 2 is 1.63 bits per heavy atom. The minimum Gasteiger partial charge on any atom is -0.493 e. The molecule has 0 fully saturated rings. The van der Waals surface area contributed by atoms with E-state index in [-0.39, 0.29) is 36.4 Å². The minimum atomic E-state index is -0.141. The number of hydrogen-bond donors (Lipinski definition) is 3. The van der Waals surface area contributed by atoms with E-state index in [9.17, 15) is 4.79 Å². The number of aliphatic imine (C=N–C) groups is 1. The highest BCUT2D eigenvalue weighted by atomic mass is 127. The van der Waals surface area contributed by atoms with Gasteiger partial charge in [0.05, 0.1) is 34.5 Å². The first-order chi connectivity index (χ1) is 12.6. The fraction of sp³-hybridized carbons (Fsp3) is 0.529. The molecule has 0 saturated heterocycles. The Hall–Kier alpha value is -1.95. The van der Waals surface area contributed by atoms with Gasteiger partial charge in [0, 0.05) is 27.2 Å². The zero-order valence-electron chi connectivity index (χ0n) is 16.4. The van der Waals surface area contributed by atoms with Gasteiger partial charge in [-0.3, -0.25) is 9.79 Å². The van der Waals surface area contributed by atoms with Crippen LogP contribution in [0, 0.1) is 0 Å². The third kappa shape index (κ3) is 8.52. The van der Waals surface area contributed by atoms with Gasteiger partial charge in [-0.1, -0.05) is 0 Å². The third-order valence-corrected chi connectivity index (χ3v) is 3.45. The van der Waals surface area contributed by atoms with Crippen molar-refractivity contribution in [2.45, 2.75) is 6.54 Å². The molecule has 0 aliphatic heterocycles. The lowest BCUT2D eigenvalue weighted by atomic mass is 10.2. The summed E-state index contributed by atoms with van der Waals surface area (Å²) < 4.78 is 20.9. The number of carbonyl (C=O) groups is 1. The number of nitrogens with zero attached hydrogens (tertiary/aromatic N) is 1. The average molecular weight is 496 g/mol. The standard InChI is InChI=1S/C17H28N4O5.HI/c1-18-17(21-11-15(22)19-6-7-23-2)20-10-12-8-13(24-3)16(26-5)14(9-12)25-4;/h8-9H,6-7,10-11H2,1-5H3,(H,19,22)(H2,18,20,21);1H. The quantitative estimate of drug-likeness (QED) is 0.190. The molecule has 0 heterocycles. The summed E-state index contributed by atoms with van der Waals surface area (Å²) in [4.78, 5) is 15.8. The maximum atomic E-state index is 11.7. The molecule has 1 rings (SSSR count). The number of hydrogen-bond acceptors (Lipinski definition) is 6. The number of rotatable bonds is 10. The Labute approximate surface area is 177 Å². The second kappa shape index (κ2) is 14.2. The molecule has 0 unspecified atom stereocenters. The van der Waals surface area contributed by atoms with E-state index in [0.717, 1.165) is 5.56 Å². The molecule has 0 aliphatic rings. The molecule has 1 aromatic rings. The van der Waals surface area contributed by atoms with Gasteiger partial charge in [0.2, 0.25) is 11.7 Å². The predicted molar refractivity (Wildman–Crippen MR) is 115 cm³/mol. The second-order valence-electron chi connectivity index (χ2n) is 5.16. The van der Waals surface area contributed by atoms with Gasteiger partial charge in [-0.15, -0.1) is 24.0 Å². The van der Waals surface area contributed by atoms with E-state index in [1.54, 1.807) is 35.5 Å². The molecule has 9 nitrogen and oxygen atoms in total. The second-order valence-corrected chi connectivity index (χ2v) is 5.16. The zero-order chi connectivity index (χ0) is 19.4. The lowest BCUT2D eigenvalue weighted by Gasteiger charge is -2.16. The Balaban J connectivity index is 0.00000676. The lowest BCUT2D eigenvalue weighted by Crippen LogP contribution is -2.43. The van der Waals surface area contributed by atoms with Gasteiger partial charge in [0.25, 0.3) is 0 Å². The Morgan fingerprint density at radius 1 is 1.00 bits per heavy atom. The fourth-order valence-corrected chi connectivity index (χ4v) is 2.16. The monoisotopic (exact) mass is 496 g/mol. The number of ether oxygens (including phenoxy) is 4. The summed E-state index contributed by atoms with van der Waals surface area (Å²) in [6.45, 7) is 1.51. The van der Waals surface area contributed by atoms with Crippen LogP contribution in [0.1, 0.15) is 5.56 Å². The highest BCUT2D eigenvalue weighted by Crippen LogP contribution is 2.38. The van der Waals surface area contributed by atoms with Crippen LogP contribution in [0.15, 0.2) is 17.1 Å². The van der Waals surface area contributed by atoms with Gasteiger partial charge >= 0.3 is 0 Å². The lowest BCUT2D eigenvalue weighted by molar-refractivity contribution is -0.120. The summed E-state index contributed by atoms with van der Waals surface area (Å²) >= 11 is 0. The minimum absolute atomic E-state index is 0. The van der Waals surface area contributed by atoms with Crippen LogP contribution in [0.25, 0.3) is 0 Å². The normalized spacial score (nSPS) is 10.5. The van der Waals surface area contributed by atoms with E-state index in [4.69, 9.17) is 18.9 Å². The smallest absolute Gasteiger partial charge is 0.239 e. The van der Waals surface area contributed by atoms with Gasteiger partial charge in [-0.05, 0) is 17.7 Å². The summed E-state index contributed by atoms with van der Waals surface area (Å²) in [5.74, 6) is 2.04. The molecule has 0 atom stereocenters. The fourth-order valence-electron chi connectivity index (χ4n) is 2.16. The summed E-state index contributed by atoms with van der Waals surface area (Å²) in [6.07, 6.45) is 0. The molecule has 154 valence electrons. The molecule has 1 aromatic carbocycles. The van der Waals surface area contributed by atoms with Crippen LogP contribution in [-0.2, 0) is 16.1 Å². The van der Waals surface area contributed by atoms with Gasteiger partial charge in [0.15, 0.2) is 17.5 Å². The average Bonchev–Trinajstić information content (AvgIpc) is 2.67. The molecule has 0 aliphatic carbocycles. The van der Waals surface area contributed by atoms with Crippen molar-refractivity contribution in [2.24, 2.45) is 4.99 Å². The number of benzene rings is 1. The molecule has 27 heavy (non-hydrogen) atoms. The van der Waals surface area contributed by atoms with Gasteiger partial charge < -0.3 is 34.9 Å². The van der Waals surface area contributed by atoms with Crippen LogP contribution >= 0.6 is 24.0 Å². The molecule has 1 amide bonds. The van der Waals surface area contributed by atoms with E-state index in [0.29, 0.717) is 42.9 Å². The number of halogens is 1. The Bertz CT molecular complexity index is 588. The van der Waals surface area contributed by atoms with Crippen molar-refractivity contribution in [1.29, 1.82) is 0 Å². The first-order valence-corrected chi connectivity index (χ1v) is 8.08. The summed E-state index contributed by atoms with van der Waals surface area (Å²) in [7, 11) is 7.91. The highest BCUT2D eigenvalue weighted by molar-refractivity contribution is 14.0. The van der Waals surface area contributed by atoms with Crippen molar-refractivity contribution in [3.63, 3.8) is 0 Å². The van der Waals surface area contributed by atoms with E-state index in [2.05, 4.69) is 20.9 Å². The van der Waals surface area contributed by atoms with E-state index < -0.39 is 0 Å². The third-order valence-electron chi connectivity index (χ3n) is 3.45. The van der Waals surface area contributed by atoms with Crippen molar-refractivity contribution in [3.05, 3.63) is 17.7 Å². The SMILES string of the molecule is CN=C(NCC(=O)NCCOC)NCc1cc(OC)c(OC)c(OC)c1.I. The molecule has 0 aromatic heterocycles. The van der Waals surface area contributed by atoms with Crippen molar-refractivity contribution >= 4 is 35.8 Å². The van der Waals surface area contributed by atoms with E-state index in [1.165, 1.54) is 0 Å². The van der Waals surface area contributed by atoms with Crippen LogP contribution in [0.2, 0.25) is 0 Å². The first-order valence-electron chi connectivity index (χ1n) is 8.08. The van der Waals surface area contributed by atoms with Crippen LogP contribution in [0.5, 0.6) is 17.2 Å². The van der Waals surface area contributed by atoms with Gasteiger partial charge in [-0.2, -0.15) is 0 Å². The van der Waals surface area contributed by atoms with Gasteiger partial charge in [0.1, 0.15) is 0 Å². The summed E-state index contributed by atoms with van der Waals surface area (Å²) in [6, 6.07) is 3.69. The van der Waals surface area contributed by atoms with Crippen LogP contribution in [0.4, 0.5) is 0 Å². The molecule has 0 spiro atoms. The maximum Gasteiger partial charge on any atom is 0.239 e. The Morgan fingerprint density at radius 3 is 2.11 bits per heavy atom.